The van der Waals surface area contributed by atoms with Crippen molar-refractivity contribution in [3.63, 3.8) is 0 Å². The normalized spacial score (nSPS) is 12.2. The van der Waals surface area contributed by atoms with Gasteiger partial charge in [-0.1, -0.05) is 11.8 Å². The molecule has 1 rings (SSSR count). The molecule has 0 amide bonds. The van der Waals surface area contributed by atoms with Gasteiger partial charge in [-0.2, -0.15) is 0 Å². The molecule has 1 aromatic rings. The Morgan fingerprint density at radius 1 is 1.40 bits per heavy atom. The van der Waals surface area contributed by atoms with Crippen LogP contribution in [-0.4, -0.2) is 56.2 Å². The molecule has 0 saturated carbocycles. The van der Waals surface area contributed by atoms with Crippen molar-refractivity contribution in [2.24, 2.45) is 5.84 Å². The van der Waals surface area contributed by atoms with Crippen LogP contribution in [0.15, 0.2) is 11.2 Å². The van der Waals surface area contributed by atoms with E-state index in [1.807, 2.05) is 12.3 Å². The molecule has 0 aliphatic carbocycles. The van der Waals surface area contributed by atoms with Crippen molar-refractivity contribution < 1.29 is 9.47 Å². The van der Waals surface area contributed by atoms with Gasteiger partial charge in [-0.25, -0.2) is 15.8 Å². The highest BCUT2D eigenvalue weighted by Crippen LogP contribution is 2.21. The van der Waals surface area contributed by atoms with Gasteiger partial charge >= 0.3 is 0 Å². The molecule has 0 saturated heterocycles. The number of anilines is 2. The Balaban J connectivity index is 3.04. The van der Waals surface area contributed by atoms with E-state index in [4.69, 9.17) is 15.3 Å². The fraction of sp³-hybridized carbons (Fsp3) is 0.667. The SMILES string of the molecule is COCCN(c1cc(NN)nc(SC)n1)C(C)COC. The standard InChI is InChI=1S/C12H23N5O2S/c1-9(8-19-3)17(5-6-18-2)11-7-10(16-13)14-12(15-11)20-4/h7,9H,5-6,8,13H2,1-4H3,(H,14,15,16). The fourth-order valence-corrected chi connectivity index (χ4v) is 2.18. The molecule has 0 aliphatic rings. The summed E-state index contributed by atoms with van der Waals surface area (Å²) in [5, 5.41) is 0.669. The van der Waals surface area contributed by atoms with Crippen molar-refractivity contribution in [2.45, 2.75) is 18.1 Å². The maximum absolute atomic E-state index is 5.46. The van der Waals surface area contributed by atoms with Crippen LogP contribution in [0.5, 0.6) is 0 Å². The van der Waals surface area contributed by atoms with Crippen molar-refractivity contribution in [3.05, 3.63) is 6.07 Å². The number of rotatable bonds is 9. The number of hydrogen-bond donors (Lipinski definition) is 2. The average Bonchev–Trinajstić information content (AvgIpc) is 2.47. The molecule has 3 N–H and O–H groups in total. The third-order valence-electron chi connectivity index (χ3n) is 2.79. The van der Waals surface area contributed by atoms with Crippen LogP contribution in [0.3, 0.4) is 0 Å². The molecule has 20 heavy (non-hydrogen) atoms. The van der Waals surface area contributed by atoms with E-state index in [-0.39, 0.29) is 6.04 Å². The quantitative estimate of drug-likeness (QED) is 0.302. The molecule has 114 valence electrons. The van der Waals surface area contributed by atoms with E-state index in [2.05, 4.69) is 27.2 Å². The first-order chi connectivity index (χ1) is 9.65. The van der Waals surface area contributed by atoms with Gasteiger partial charge in [0, 0.05) is 26.8 Å². The lowest BCUT2D eigenvalue weighted by Gasteiger charge is -2.30. The molecule has 0 radical (unpaired) electrons. The topological polar surface area (TPSA) is 85.5 Å². The van der Waals surface area contributed by atoms with Gasteiger partial charge in [0.05, 0.1) is 19.3 Å². The van der Waals surface area contributed by atoms with Crippen LogP contribution < -0.4 is 16.2 Å². The summed E-state index contributed by atoms with van der Waals surface area (Å²) < 4.78 is 10.4. The molecule has 8 heteroatoms. The smallest absolute Gasteiger partial charge is 0.191 e. The molecule has 0 bridgehead atoms. The number of aromatic nitrogens is 2. The zero-order valence-corrected chi connectivity index (χ0v) is 13.2. The van der Waals surface area contributed by atoms with Crippen molar-refractivity contribution >= 4 is 23.4 Å². The molecular weight excluding hydrogens is 278 g/mol. The zero-order chi connectivity index (χ0) is 15.0. The Labute approximate surface area is 124 Å². The van der Waals surface area contributed by atoms with Crippen LogP contribution >= 0.6 is 11.8 Å². The van der Waals surface area contributed by atoms with Crippen molar-refractivity contribution in [2.75, 3.05) is 50.6 Å². The molecular formula is C12H23N5O2S. The lowest BCUT2D eigenvalue weighted by atomic mass is 10.3. The minimum atomic E-state index is 0.172. The van der Waals surface area contributed by atoms with Gasteiger partial charge in [-0.3, -0.25) is 0 Å². The highest BCUT2D eigenvalue weighted by Gasteiger charge is 2.17. The third-order valence-corrected chi connectivity index (χ3v) is 3.34. The van der Waals surface area contributed by atoms with E-state index < -0.39 is 0 Å². The van der Waals surface area contributed by atoms with E-state index in [0.717, 1.165) is 12.4 Å². The maximum Gasteiger partial charge on any atom is 0.191 e. The minimum absolute atomic E-state index is 0.172. The van der Waals surface area contributed by atoms with E-state index in [1.165, 1.54) is 11.8 Å². The van der Waals surface area contributed by atoms with E-state index >= 15 is 0 Å². The summed E-state index contributed by atoms with van der Waals surface area (Å²) in [6.07, 6.45) is 1.93. The number of methoxy groups -OCH3 is 2. The van der Waals surface area contributed by atoms with Crippen LogP contribution in [0.1, 0.15) is 6.92 Å². The molecule has 7 nitrogen and oxygen atoms in total. The molecule has 0 aliphatic heterocycles. The average molecular weight is 301 g/mol. The predicted molar refractivity (Wildman–Crippen MR) is 82.2 cm³/mol. The summed E-state index contributed by atoms with van der Waals surface area (Å²) in [6, 6.07) is 1.99. The summed E-state index contributed by atoms with van der Waals surface area (Å²) in [7, 11) is 3.37. The van der Waals surface area contributed by atoms with Crippen LogP contribution in [0.25, 0.3) is 0 Å². The van der Waals surface area contributed by atoms with Gasteiger partial charge in [0.2, 0.25) is 0 Å². The molecule has 0 fully saturated rings. The first-order valence-corrected chi connectivity index (χ1v) is 7.53. The van der Waals surface area contributed by atoms with E-state index in [0.29, 0.717) is 24.2 Å². The number of nitrogens with two attached hydrogens (primary N) is 1. The monoisotopic (exact) mass is 301 g/mol. The summed E-state index contributed by atoms with van der Waals surface area (Å²) in [5.74, 6) is 6.85. The molecule has 1 heterocycles. The number of ether oxygens (including phenoxy) is 2. The summed E-state index contributed by atoms with van der Waals surface area (Å²) >= 11 is 1.47. The zero-order valence-electron chi connectivity index (χ0n) is 12.4. The van der Waals surface area contributed by atoms with Gasteiger partial charge in [0.15, 0.2) is 5.16 Å². The Bertz CT molecular complexity index is 385. The highest BCUT2D eigenvalue weighted by atomic mass is 32.2. The number of thioether (sulfide) groups is 1. The number of nitrogens with one attached hydrogen (secondary N) is 1. The van der Waals surface area contributed by atoms with Crippen LogP contribution in [0.4, 0.5) is 11.6 Å². The predicted octanol–water partition coefficient (Wildman–Crippen LogP) is 0.972. The maximum atomic E-state index is 5.46. The Hall–Kier alpha value is -1.09. The lowest BCUT2D eigenvalue weighted by Crippen LogP contribution is -2.39. The number of hydrazine groups is 1. The largest absolute Gasteiger partial charge is 0.383 e. The van der Waals surface area contributed by atoms with Crippen LogP contribution in [0.2, 0.25) is 0 Å². The van der Waals surface area contributed by atoms with Crippen molar-refractivity contribution in [1.29, 1.82) is 0 Å². The van der Waals surface area contributed by atoms with Gasteiger partial charge in [0.1, 0.15) is 11.6 Å². The van der Waals surface area contributed by atoms with E-state index in [1.54, 1.807) is 14.2 Å². The number of nitrogens with zero attached hydrogens (tertiary/aromatic N) is 3. The number of nitrogen functional groups attached to an aromatic ring is 1. The second-order valence-electron chi connectivity index (χ2n) is 4.23. The molecule has 0 aromatic carbocycles. The van der Waals surface area contributed by atoms with E-state index in [9.17, 15) is 0 Å². The second kappa shape index (κ2) is 8.96. The van der Waals surface area contributed by atoms with Gasteiger partial charge in [0.25, 0.3) is 0 Å². The van der Waals surface area contributed by atoms with Crippen molar-refractivity contribution in [3.8, 4) is 0 Å². The first kappa shape index (κ1) is 17.0. The molecule has 1 atom stereocenters. The lowest BCUT2D eigenvalue weighted by molar-refractivity contribution is 0.170. The Morgan fingerprint density at radius 2 is 2.15 bits per heavy atom. The first-order valence-electron chi connectivity index (χ1n) is 6.30. The Kier molecular flexibility index (Phi) is 7.60. The Morgan fingerprint density at radius 3 is 2.70 bits per heavy atom. The van der Waals surface area contributed by atoms with Crippen LogP contribution in [-0.2, 0) is 9.47 Å². The van der Waals surface area contributed by atoms with Gasteiger partial charge in [-0.15, -0.1) is 0 Å². The molecule has 1 unspecified atom stereocenters. The highest BCUT2D eigenvalue weighted by molar-refractivity contribution is 7.98. The number of hydrogen-bond acceptors (Lipinski definition) is 8. The van der Waals surface area contributed by atoms with Gasteiger partial charge < -0.3 is 19.8 Å². The van der Waals surface area contributed by atoms with Gasteiger partial charge in [-0.05, 0) is 13.2 Å². The fourth-order valence-electron chi connectivity index (χ4n) is 1.81. The summed E-state index contributed by atoms with van der Waals surface area (Å²) in [6.45, 7) is 4.01. The summed E-state index contributed by atoms with van der Waals surface area (Å²) in [4.78, 5) is 10.9. The summed E-state index contributed by atoms with van der Waals surface area (Å²) in [5.41, 5.74) is 2.57. The van der Waals surface area contributed by atoms with Crippen molar-refractivity contribution in [1.82, 2.24) is 9.97 Å². The second-order valence-corrected chi connectivity index (χ2v) is 5.01. The third kappa shape index (κ3) is 4.78. The minimum Gasteiger partial charge on any atom is -0.383 e. The molecule has 0 spiro atoms. The molecule has 1 aromatic heterocycles. The van der Waals surface area contributed by atoms with Crippen LogP contribution in [0, 0.1) is 0 Å².